The van der Waals surface area contributed by atoms with E-state index in [-0.39, 0.29) is 11.2 Å². The van der Waals surface area contributed by atoms with Crippen LogP contribution in [0.2, 0.25) is 0 Å². The molecule has 6 nitrogen and oxygen atoms in total. The third-order valence-corrected chi connectivity index (χ3v) is 5.54. The molecular weight excluding hydrogens is 334 g/mol. The van der Waals surface area contributed by atoms with Crippen LogP contribution in [0.4, 0.5) is 5.69 Å². The van der Waals surface area contributed by atoms with E-state index in [1.807, 2.05) is 6.92 Å². The molecule has 1 N–H and O–H groups in total. The topological polar surface area (TPSA) is 83.6 Å². The first-order valence-electron chi connectivity index (χ1n) is 8.58. The van der Waals surface area contributed by atoms with Crippen LogP contribution in [0.5, 0.6) is 0 Å². The second kappa shape index (κ2) is 6.52. The molecule has 128 valence electrons. The van der Waals surface area contributed by atoms with Crippen molar-refractivity contribution in [3.8, 4) is 6.07 Å². The molecule has 0 spiro atoms. The number of rotatable bonds is 6. The van der Waals surface area contributed by atoms with Crippen molar-refractivity contribution < 1.29 is 4.79 Å². The Bertz CT molecular complexity index is 830. The van der Waals surface area contributed by atoms with Crippen molar-refractivity contribution in [1.82, 2.24) is 14.8 Å². The van der Waals surface area contributed by atoms with Gasteiger partial charge in [0.25, 0.3) is 0 Å². The molecule has 1 heterocycles. The summed E-state index contributed by atoms with van der Waals surface area (Å²) in [6, 6.07) is 9.45. The summed E-state index contributed by atoms with van der Waals surface area (Å²) in [6.45, 7) is 1.88. The first-order valence-corrected chi connectivity index (χ1v) is 9.46. The van der Waals surface area contributed by atoms with Gasteiger partial charge in [-0.2, -0.15) is 5.26 Å². The summed E-state index contributed by atoms with van der Waals surface area (Å²) in [5.74, 6) is 1.59. The second-order valence-electron chi connectivity index (χ2n) is 6.65. The van der Waals surface area contributed by atoms with Crippen LogP contribution >= 0.6 is 11.8 Å². The Morgan fingerprint density at radius 1 is 1.28 bits per heavy atom. The quantitative estimate of drug-likeness (QED) is 0.804. The van der Waals surface area contributed by atoms with Crippen LogP contribution in [-0.4, -0.2) is 25.9 Å². The van der Waals surface area contributed by atoms with E-state index in [0.717, 1.165) is 11.0 Å². The normalized spacial score (nSPS) is 17.8. The number of nitriles is 1. The molecule has 0 bridgehead atoms. The van der Waals surface area contributed by atoms with Gasteiger partial charge in [-0.1, -0.05) is 11.8 Å². The summed E-state index contributed by atoms with van der Waals surface area (Å²) in [5.41, 5.74) is 1.27. The number of aromatic nitrogens is 3. The Hall–Kier alpha value is -2.33. The fraction of sp³-hybridized carbons (Fsp3) is 0.444. The number of anilines is 1. The van der Waals surface area contributed by atoms with Crippen LogP contribution in [0.25, 0.3) is 0 Å². The van der Waals surface area contributed by atoms with Gasteiger partial charge in [0, 0.05) is 17.6 Å². The summed E-state index contributed by atoms with van der Waals surface area (Å²) in [5, 5.41) is 21.0. The third-order valence-electron chi connectivity index (χ3n) is 4.48. The van der Waals surface area contributed by atoms with Crippen molar-refractivity contribution in [2.24, 2.45) is 0 Å². The number of carbonyl (C=O) groups excluding carboxylic acids is 1. The van der Waals surface area contributed by atoms with E-state index in [0.29, 0.717) is 23.2 Å². The molecule has 0 unspecified atom stereocenters. The first-order chi connectivity index (χ1) is 12.2. The van der Waals surface area contributed by atoms with E-state index in [9.17, 15) is 4.79 Å². The lowest BCUT2D eigenvalue weighted by Gasteiger charge is -2.13. The number of amides is 1. The summed E-state index contributed by atoms with van der Waals surface area (Å²) < 4.78 is 2.26. The highest BCUT2D eigenvalue weighted by Crippen LogP contribution is 2.46. The Morgan fingerprint density at radius 3 is 2.60 bits per heavy atom. The molecule has 2 aromatic rings. The van der Waals surface area contributed by atoms with Gasteiger partial charge < -0.3 is 9.88 Å². The zero-order valence-electron chi connectivity index (χ0n) is 14.0. The molecule has 2 aliphatic rings. The molecule has 2 saturated carbocycles. The molecular formula is C18H19N5OS. The van der Waals surface area contributed by atoms with E-state index in [2.05, 4.69) is 26.2 Å². The Balaban J connectivity index is 1.43. The van der Waals surface area contributed by atoms with Crippen LogP contribution in [0, 0.1) is 11.3 Å². The van der Waals surface area contributed by atoms with E-state index >= 15 is 0 Å². The van der Waals surface area contributed by atoms with Crippen molar-refractivity contribution in [2.75, 3.05) is 5.32 Å². The minimum Gasteiger partial charge on any atom is -0.325 e. The molecule has 7 heteroatoms. The molecule has 2 fully saturated rings. The predicted molar refractivity (Wildman–Crippen MR) is 95.4 cm³/mol. The van der Waals surface area contributed by atoms with Crippen LogP contribution in [0.3, 0.4) is 0 Å². The molecule has 1 aromatic carbocycles. The number of hydrogen-bond acceptors (Lipinski definition) is 5. The molecule has 1 amide bonds. The first kappa shape index (κ1) is 16.2. The maximum absolute atomic E-state index is 12.5. The highest BCUT2D eigenvalue weighted by Gasteiger charge is 2.37. The van der Waals surface area contributed by atoms with Gasteiger partial charge in [0.2, 0.25) is 5.91 Å². The van der Waals surface area contributed by atoms with E-state index < -0.39 is 0 Å². The van der Waals surface area contributed by atoms with Gasteiger partial charge in [0.15, 0.2) is 5.16 Å². The van der Waals surface area contributed by atoms with Crippen molar-refractivity contribution in [2.45, 2.75) is 55.0 Å². The van der Waals surface area contributed by atoms with Crippen LogP contribution in [-0.2, 0) is 4.79 Å². The lowest BCUT2D eigenvalue weighted by Crippen LogP contribution is -2.23. The van der Waals surface area contributed by atoms with Crippen molar-refractivity contribution in [3.63, 3.8) is 0 Å². The Labute approximate surface area is 150 Å². The van der Waals surface area contributed by atoms with E-state index in [1.54, 1.807) is 24.3 Å². The summed E-state index contributed by atoms with van der Waals surface area (Å²) in [4.78, 5) is 12.5. The number of hydrogen-bond donors (Lipinski definition) is 1. The summed E-state index contributed by atoms with van der Waals surface area (Å²) in [7, 11) is 0. The maximum Gasteiger partial charge on any atom is 0.237 e. The molecule has 4 rings (SSSR count). The molecule has 1 aromatic heterocycles. The third kappa shape index (κ3) is 3.54. The van der Waals surface area contributed by atoms with Gasteiger partial charge in [-0.05, 0) is 56.9 Å². The monoisotopic (exact) mass is 353 g/mol. The molecule has 25 heavy (non-hydrogen) atoms. The number of nitrogens with one attached hydrogen (secondary N) is 1. The number of carbonyl (C=O) groups is 1. The smallest absolute Gasteiger partial charge is 0.237 e. The van der Waals surface area contributed by atoms with Gasteiger partial charge in [-0.3, -0.25) is 4.79 Å². The molecule has 2 aliphatic carbocycles. The summed E-state index contributed by atoms with van der Waals surface area (Å²) in [6.07, 6.45) is 4.75. The molecule has 1 atom stereocenters. The largest absolute Gasteiger partial charge is 0.325 e. The standard InChI is InChI=1S/C18H19N5OS/c1-11(17(24)20-14-6-2-12(10-19)3-7-14)25-18-22-21-16(13-4-5-13)23(18)15-8-9-15/h2-3,6-7,11,13,15H,4-5,8-9H2,1H3,(H,20,24)/t11-/m1/s1. The molecule has 0 aliphatic heterocycles. The average Bonchev–Trinajstić information content (AvgIpc) is 3.54. The van der Waals surface area contributed by atoms with Crippen LogP contribution in [0.15, 0.2) is 29.4 Å². The minimum absolute atomic E-state index is 0.0759. The van der Waals surface area contributed by atoms with Gasteiger partial charge in [-0.15, -0.1) is 10.2 Å². The average molecular weight is 353 g/mol. The van der Waals surface area contributed by atoms with E-state index in [1.165, 1.54) is 37.4 Å². The van der Waals surface area contributed by atoms with Gasteiger partial charge in [-0.25, -0.2) is 0 Å². The van der Waals surface area contributed by atoms with Crippen molar-refractivity contribution >= 4 is 23.4 Å². The van der Waals surface area contributed by atoms with Crippen LogP contribution in [0.1, 0.15) is 56.0 Å². The van der Waals surface area contributed by atoms with Crippen molar-refractivity contribution in [3.05, 3.63) is 35.7 Å². The highest BCUT2D eigenvalue weighted by atomic mass is 32.2. The lowest BCUT2D eigenvalue weighted by atomic mass is 10.2. The second-order valence-corrected chi connectivity index (χ2v) is 7.96. The zero-order valence-corrected chi connectivity index (χ0v) is 14.8. The molecule has 0 saturated heterocycles. The fourth-order valence-electron chi connectivity index (χ4n) is 2.75. The SMILES string of the molecule is C[C@@H](Sc1nnc(C2CC2)n1C1CC1)C(=O)Nc1ccc(C#N)cc1. The van der Waals surface area contributed by atoms with Gasteiger partial charge in [0.05, 0.1) is 16.9 Å². The number of nitrogens with zero attached hydrogens (tertiary/aromatic N) is 4. The Kier molecular flexibility index (Phi) is 4.22. The predicted octanol–water partition coefficient (Wildman–Crippen LogP) is 3.48. The number of thioether (sulfide) groups is 1. The molecule has 0 radical (unpaired) electrons. The Morgan fingerprint density at radius 2 is 2.00 bits per heavy atom. The summed E-state index contributed by atoms with van der Waals surface area (Å²) >= 11 is 1.46. The lowest BCUT2D eigenvalue weighted by molar-refractivity contribution is -0.115. The minimum atomic E-state index is -0.274. The number of benzene rings is 1. The van der Waals surface area contributed by atoms with Gasteiger partial charge >= 0.3 is 0 Å². The fourth-order valence-corrected chi connectivity index (χ4v) is 3.67. The maximum atomic E-state index is 12.5. The zero-order chi connectivity index (χ0) is 17.4. The van der Waals surface area contributed by atoms with Gasteiger partial charge in [0.1, 0.15) is 5.82 Å². The highest BCUT2D eigenvalue weighted by molar-refractivity contribution is 8.00. The van der Waals surface area contributed by atoms with Crippen molar-refractivity contribution in [1.29, 1.82) is 5.26 Å². The van der Waals surface area contributed by atoms with Crippen LogP contribution < -0.4 is 5.32 Å². The van der Waals surface area contributed by atoms with E-state index in [4.69, 9.17) is 5.26 Å².